The fourth-order valence-corrected chi connectivity index (χ4v) is 3.03. The topological polar surface area (TPSA) is 78.6 Å². The Morgan fingerprint density at radius 2 is 1.86 bits per heavy atom. The van der Waals surface area contributed by atoms with Crippen LogP contribution in [0.4, 0.5) is 0 Å². The number of nitrogens with two attached hydrogens (primary N) is 1. The fraction of sp³-hybridized carbons (Fsp3) is 0.600. The average molecular weight is 315 g/mol. The standard InChI is InChI=1S/C15H25NO4S/c1-10(2)13-9-14(20-12(4)6-7-19-5)11(3)8-15(13)21(16,17)18/h8-10,12H,6-7H2,1-5H3,(H2,16,17,18). The zero-order chi connectivity index (χ0) is 16.2. The quantitative estimate of drug-likeness (QED) is 0.838. The van der Waals surface area contributed by atoms with E-state index in [9.17, 15) is 8.42 Å². The van der Waals surface area contributed by atoms with E-state index in [0.717, 1.165) is 12.0 Å². The van der Waals surface area contributed by atoms with Gasteiger partial charge in [-0.2, -0.15) is 0 Å². The van der Waals surface area contributed by atoms with E-state index in [1.807, 2.05) is 27.7 Å². The highest BCUT2D eigenvalue weighted by atomic mass is 32.2. The molecule has 21 heavy (non-hydrogen) atoms. The van der Waals surface area contributed by atoms with E-state index in [2.05, 4.69) is 0 Å². The number of hydrogen-bond acceptors (Lipinski definition) is 4. The molecule has 5 nitrogen and oxygen atoms in total. The maximum absolute atomic E-state index is 11.7. The number of benzene rings is 1. The van der Waals surface area contributed by atoms with E-state index < -0.39 is 10.0 Å². The SMILES string of the molecule is COCCC(C)Oc1cc(C(C)C)c(S(N)(=O)=O)cc1C. The largest absolute Gasteiger partial charge is 0.490 e. The highest BCUT2D eigenvalue weighted by molar-refractivity contribution is 7.89. The summed E-state index contributed by atoms with van der Waals surface area (Å²) in [6, 6.07) is 3.37. The van der Waals surface area contributed by atoms with E-state index in [1.54, 1.807) is 19.2 Å². The summed E-state index contributed by atoms with van der Waals surface area (Å²) >= 11 is 0. The number of hydrogen-bond donors (Lipinski definition) is 1. The van der Waals surface area contributed by atoms with Gasteiger partial charge in [0.25, 0.3) is 0 Å². The van der Waals surface area contributed by atoms with Crippen LogP contribution >= 0.6 is 0 Å². The maximum Gasteiger partial charge on any atom is 0.238 e. The minimum absolute atomic E-state index is 0.0102. The van der Waals surface area contributed by atoms with Crippen molar-refractivity contribution in [2.75, 3.05) is 13.7 Å². The van der Waals surface area contributed by atoms with Crippen LogP contribution in [0.1, 0.15) is 44.2 Å². The number of sulfonamides is 1. The molecule has 0 radical (unpaired) electrons. The molecule has 1 atom stereocenters. The molecule has 1 rings (SSSR count). The number of rotatable bonds is 7. The van der Waals surface area contributed by atoms with Crippen LogP contribution in [0.3, 0.4) is 0 Å². The molecule has 0 aliphatic rings. The molecule has 0 spiro atoms. The maximum atomic E-state index is 11.7. The first-order chi connectivity index (χ1) is 9.66. The third-order valence-corrected chi connectivity index (χ3v) is 4.26. The van der Waals surface area contributed by atoms with Crippen molar-refractivity contribution in [3.05, 3.63) is 23.3 Å². The smallest absolute Gasteiger partial charge is 0.238 e. The van der Waals surface area contributed by atoms with Crippen molar-refractivity contribution < 1.29 is 17.9 Å². The first-order valence-electron chi connectivity index (χ1n) is 6.99. The number of ether oxygens (including phenoxy) is 2. The molecule has 120 valence electrons. The molecule has 1 unspecified atom stereocenters. The molecule has 2 N–H and O–H groups in total. The van der Waals surface area contributed by atoms with Crippen molar-refractivity contribution in [3.8, 4) is 5.75 Å². The van der Waals surface area contributed by atoms with Gasteiger partial charge in [-0.15, -0.1) is 0 Å². The molecule has 0 fully saturated rings. The lowest BCUT2D eigenvalue weighted by Gasteiger charge is -2.19. The average Bonchev–Trinajstić information content (AvgIpc) is 2.36. The molecule has 0 bridgehead atoms. The number of methoxy groups -OCH3 is 1. The third-order valence-electron chi connectivity index (χ3n) is 3.29. The van der Waals surface area contributed by atoms with Crippen LogP contribution in [0.2, 0.25) is 0 Å². The van der Waals surface area contributed by atoms with Crippen molar-refractivity contribution in [2.45, 2.75) is 51.0 Å². The molecule has 6 heteroatoms. The van der Waals surface area contributed by atoms with E-state index in [4.69, 9.17) is 14.6 Å². The summed E-state index contributed by atoms with van der Waals surface area (Å²) in [5, 5.41) is 5.30. The monoisotopic (exact) mass is 315 g/mol. The van der Waals surface area contributed by atoms with Gasteiger partial charge >= 0.3 is 0 Å². The first kappa shape index (κ1) is 17.9. The van der Waals surface area contributed by atoms with Crippen molar-refractivity contribution in [3.63, 3.8) is 0 Å². The Morgan fingerprint density at radius 1 is 1.24 bits per heavy atom. The molecule has 0 aliphatic heterocycles. The summed E-state index contributed by atoms with van der Waals surface area (Å²) in [6.07, 6.45) is 0.758. The highest BCUT2D eigenvalue weighted by Crippen LogP contribution is 2.31. The summed E-state index contributed by atoms with van der Waals surface area (Å²) in [7, 11) is -2.09. The van der Waals surface area contributed by atoms with Gasteiger partial charge in [0.15, 0.2) is 0 Å². The van der Waals surface area contributed by atoms with Crippen molar-refractivity contribution in [1.29, 1.82) is 0 Å². The predicted octanol–water partition coefficient (Wildman–Crippen LogP) is 2.57. The van der Waals surface area contributed by atoms with Crippen LogP contribution < -0.4 is 9.88 Å². The van der Waals surface area contributed by atoms with E-state index in [0.29, 0.717) is 17.9 Å². The summed E-state index contributed by atoms with van der Waals surface area (Å²) < 4.78 is 34.3. The molecule has 0 aliphatic carbocycles. The van der Waals surface area contributed by atoms with Crippen LogP contribution in [-0.4, -0.2) is 28.2 Å². The Bertz CT molecular complexity index is 582. The lowest BCUT2D eigenvalue weighted by Crippen LogP contribution is -2.18. The second-order valence-electron chi connectivity index (χ2n) is 5.57. The van der Waals surface area contributed by atoms with Crippen LogP contribution in [0.25, 0.3) is 0 Å². The third kappa shape index (κ3) is 4.98. The van der Waals surface area contributed by atoms with Crippen molar-refractivity contribution in [2.24, 2.45) is 5.14 Å². The fourth-order valence-electron chi connectivity index (χ4n) is 2.06. The molecule has 0 amide bonds. The predicted molar refractivity (Wildman–Crippen MR) is 83.2 cm³/mol. The molecule has 0 saturated carbocycles. The van der Waals surface area contributed by atoms with Gasteiger partial charge in [-0.05, 0) is 43.0 Å². The zero-order valence-electron chi connectivity index (χ0n) is 13.3. The Balaban J connectivity index is 3.16. The van der Waals surface area contributed by atoms with E-state index in [-0.39, 0.29) is 16.9 Å². The summed E-state index contributed by atoms with van der Waals surface area (Å²) in [6.45, 7) is 8.25. The van der Waals surface area contributed by atoms with Gasteiger partial charge in [0.2, 0.25) is 10.0 Å². The van der Waals surface area contributed by atoms with Gasteiger partial charge in [-0.3, -0.25) is 0 Å². The lowest BCUT2D eigenvalue weighted by atomic mass is 10.0. The summed E-state index contributed by atoms with van der Waals surface area (Å²) in [5.41, 5.74) is 1.43. The molecule has 1 aromatic carbocycles. The van der Waals surface area contributed by atoms with Gasteiger partial charge in [-0.1, -0.05) is 13.8 Å². The molecule has 0 heterocycles. The molecule has 0 saturated heterocycles. The number of aryl methyl sites for hydroxylation is 1. The second kappa shape index (κ2) is 7.24. The number of primary sulfonamides is 1. The minimum Gasteiger partial charge on any atom is -0.490 e. The molecular formula is C15H25NO4S. The molecular weight excluding hydrogens is 290 g/mol. The lowest BCUT2D eigenvalue weighted by molar-refractivity contribution is 0.134. The zero-order valence-corrected chi connectivity index (χ0v) is 14.2. The molecule has 0 aromatic heterocycles. The Morgan fingerprint density at radius 3 is 2.33 bits per heavy atom. The van der Waals surface area contributed by atoms with Gasteiger partial charge in [-0.25, -0.2) is 13.6 Å². The Hall–Kier alpha value is -1.11. The van der Waals surface area contributed by atoms with Gasteiger partial charge in [0.1, 0.15) is 5.75 Å². The van der Waals surface area contributed by atoms with Crippen LogP contribution in [-0.2, 0) is 14.8 Å². The Kier molecular flexibility index (Phi) is 6.19. The summed E-state index contributed by atoms with van der Waals surface area (Å²) in [4.78, 5) is 0.173. The van der Waals surface area contributed by atoms with Crippen molar-refractivity contribution in [1.82, 2.24) is 0 Å². The second-order valence-corrected chi connectivity index (χ2v) is 7.10. The molecule has 1 aromatic rings. The van der Waals surface area contributed by atoms with Gasteiger partial charge in [0, 0.05) is 20.1 Å². The van der Waals surface area contributed by atoms with Crippen molar-refractivity contribution >= 4 is 10.0 Å². The van der Waals surface area contributed by atoms with Gasteiger partial charge < -0.3 is 9.47 Å². The Labute approximate surface area is 127 Å². The van der Waals surface area contributed by atoms with E-state index >= 15 is 0 Å². The minimum atomic E-state index is -3.74. The highest BCUT2D eigenvalue weighted by Gasteiger charge is 2.19. The van der Waals surface area contributed by atoms with Crippen LogP contribution in [0.15, 0.2) is 17.0 Å². The normalized spacial score (nSPS) is 13.5. The first-order valence-corrected chi connectivity index (χ1v) is 8.54. The van der Waals surface area contributed by atoms with Crippen LogP contribution in [0.5, 0.6) is 5.75 Å². The van der Waals surface area contributed by atoms with Gasteiger partial charge in [0.05, 0.1) is 11.0 Å². The summed E-state index contributed by atoms with van der Waals surface area (Å²) in [5.74, 6) is 0.727. The van der Waals surface area contributed by atoms with Crippen LogP contribution in [0, 0.1) is 6.92 Å². The van der Waals surface area contributed by atoms with E-state index in [1.165, 1.54) is 0 Å².